The molecule has 1 aliphatic rings. The van der Waals surface area contributed by atoms with Gasteiger partial charge in [-0.05, 0) is 25.2 Å². The smallest absolute Gasteiger partial charge is 0.148 e. The molecule has 0 amide bonds. The number of aromatic amines is 1. The van der Waals surface area contributed by atoms with Crippen molar-refractivity contribution in [2.24, 2.45) is 5.92 Å². The summed E-state index contributed by atoms with van der Waals surface area (Å²) in [6.07, 6.45) is 3.71. The Hall–Kier alpha value is -0.990. The fourth-order valence-corrected chi connectivity index (χ4v) is 1.97. The lowest BCUT2D eigenvalue weighted by Crippen LogP contribution is -2.00. The average Bonchev–Trinajstić information content (AvgIpc) is 2.89. The lowest BCUT2D eigenvalue weighted by Gasteiger charge is -2.09. The van der Waals surface area contributed by atoms with Crippen molar-refractivity contribution in [2.75, 3.05) is 5.73 Å². The Morgan fingerprint density at radius 2 is 2.31 bits per heavy atom. The first-order chi connectivity index (χ1) is 6.24. The van der Waals surface area contributed by atoms with Gasteiger partial charge in [-0.15, -0.1) is 0 Å². The summed E-state index contributed by atoms with van der Waals surface area (Å²) in [6.45, 7) is 4.40. The monoisotopic (exact) mass is 179 g/mol. The number of H-pyrrole nitrogens is 1. The molecule has 2 rings (SSSR count). The molecule has 0 aromatic carbocycles. The molecule has 3 nitrogen and oxygen atoms in total. The van der Waals surface area contributed by atoms with E-state index in [-0.39, 0.29) is 0 Å². The van der Waals surface area contributed by atoms with Crippen LogP contribution in [-0.2, 0) is 6.42 Å². The summed E-state index contributed by atoms with van der Waals surface area (Å²) < 4.78 is 0. The molecule has 0 aliphatic heterocycles. The van der Waals surface area contributed by atoms with E-state index in [2.05, 4.69) is 24.0 Å². The van der Waals surface area contributed by atoms with E-state index in [9.17, 15) is 0 Å². The third-order valence-corrected chi connectivity index (χ3v) is 3.07. The molecule has 72 valence electrons. The average molecular weight is 179 g/mol. The van der Waals surface area contributed by atoms with Crippen LogP contribution in [-0.4, -0.2) is 10.2 Å². The highest BCUT2D eigenvalue weighted by atomic mass is 15.2. The van der Waals surface area contributed by atoms with Crippen LogP contribution in [0.1, 0.15) is 43.9 Å². The van der Waals surface area contributed by atoms with Gasteiger partial charge in [-0.2, -0.15) is 5.10 Å². The highest BCUT2D eigenvalue weighted by molar-refractivity contribution is 5.43. The normalized spacial score (nSPS) is 18.9. The summed E-state index contributed by atoms with van der Waals surface area (Å²) in [6, 6.07) is 0. The fourth-order valence-electron chi connectivity index (χ4n) is 1.97. The van der Waals surface area contributed by atoms with Crippen LogP contribution in [0.3, 0.4) is 0 Å². The zero-order valence-electron chi connectivity index (χ0n) is 8.30. The van der Waals surface area contributed by atoms with Crippen molar-refractivity contribution >= 4 is 5.82 Å². The minimum absolute atomic E-state index is 0.611. The van der Waals surface area contributed by atoms with E-state index in [1.807, 2.05) is 0 Å². The van der Waals surface area contributed by atoms with E-state index in [1.54, 1.807) is 0 Å². The molecule has 1 aliphatic carbocycles. The summed E-state index contributed by atoms with van der Waals surface area (Å²) in [5.41, 5.74) is 8.26. The Morgan fingerprint density at radius 1 is 1.62 bits per heavy atom. The van der Waals surface area contributed by atoms with Gasteiger partial charge in [0.1, 0.15) is 5.82 Å². The van der Waals surface area contributed by atoms with Gasteiger partial charge in [-0.1, -0.05) is 13.8 Å². The van der Waals surface area contributed by atoms with Crippen LogP contribution in [0.5, 0.6) is 0 Å². The van der Waals surface area contributed by atoms with Gasteiger partial charge in [0, 0.05) is 17.2 Å². The molecular weight excluding hydrogens is 162 g/mol. The Balaban J connectivity index is 2.27. The summed E-state index contributed by atoms with van der Waals surface area (Å²) in [5, 5.41) is 7.14. The molecule has 1 atom stereocenters. The molecule has 1 aromatic heterocycles. The van der Waals surface area contributed by atoms with Crippen LogP contribution in [0.4, 0.5) is 5.82 Å². The third-order valence-electron chi connectivity index (χ3n) is 3.07. The van der Waals surface area contributed by atoms with Crippen LogP contribution in [0.15, 0.2) is 0 Å². The van der Waals surface area contributed by atoms with Crippen molar-refractivity contribution in [2.45, 2.75) is 39.0 Å². The van der Waals surface area contributed by atoms with Crippen molar-refractivity contribution < 1.29 is 0 Å². The molecule has 0 saturated heterocycles. The van der Waals surface area contributed by atoms with Gasteiger partial charge in [-0.25, -0.2) is 0 Å². The number of nitrogens with zero attached hydrogens (tertiary/aromatic N) is 1. The number of nitrogens with two attached hydrogens (primary N) is 1. The molecule has 1 unspecified atom stereocenters. The maximum Gasteiger partial charge on any atom is 0.148 e. The Bertz CT molecular complexity index is 299. The Morgan fingerprint density at radius 3 is 2.85 bits per heavy atom. The van der Waals surface area contributed by atoms with Gasteiger partial charge in [0.25, 0.3) is 0 Å². The predicted octanol–water partition coefficient (Wildman–Crippen LogP) is 2.07. The highest BCUT2D eigenvalue weighted by Gasteiger charge is 2.31. The molecule has 13 heavy (non-hydrogen) atoms. The Kier molecular flexibility index (Phi) is 2.02. The van der Waals surface area contributed by atoms with Crippen LogP contribution < -0.4 is 5.73 Å². The zero-order valence-corrected chi connectivity index (χ0v) is 8.30. The van der Waals surface area contributed by atoms with E-state index in [1.165, 1.54) is 24.1 Å². The molecule has 1 fully saturated rings. The minimum Gasteiger partial charge on any atom is -0.382 e. The van der Waals surface area contributed by atoms with E-state index in [0.717, 1.165) is 12.3 Å². The molecule has 1 heterocycles. The van der Waals surface area contributed by atoms with Crippen molar-refractivity contribution in [1.82, 2.24) is 10.2 Å². The number of rotatable bonds is 3. The standard InChI is InChI=1S/C10H17N3/c1-3-8-9(12-13-10(8)11)6(2)7-4-5-7/h6-7H,3-5H2,1-2H3,(H3,11,12,13). The van der Waals surface area contributed by atoms with Crippen LogP contribution in [0, 0.1) is 5.92 Å². The van der Waals surface area contributed by atoms with Crippen molar-refractivity contribution in [3.8, 4) is 0 Å². The largest absolute Gasteiger partial charge is 0.382 e. The second-order valence-corrected chi connectivity index (χ2v) is 3.98. The minimum atomic E-state index is 0.611. The van der Waals surface area contributed by atoms with E-state index in [0.29, 0.717) is 11.7 Å². The SMILES string of the molecule is CCc1c(N)n[nH]c1C(C)C1CC1. The van der Waals surface area contributed by atoms with Gasteiger partial charge in [0.2, 0.25) is 0 Å². The fraction of sp³-hybridized carbons (Fsp3) is 0.700. The summed E-state index contributed by atoms with van der Waals surface area (Å²) in [7, 11) is 0. The van der Waals surface area contributed by atoms with E-state index >= 15 is 0 Å². The second-order valence-electron chi connectivity index (χ2n) is 3.98. The first-order valence-corrected chi connectivity index (χ1v) is 5.06. The van der Waals surface area contributed by atoms with Gasteiger partial charge in [-0.3, -0.25) is 5.10 Å². The summed E-state index contributed by atoms with van der Waals surface area (Å²) >= 11 is 0. The zero-order chi connectivity index (χ0) is 9.42. The molecule has 0 radical (unpaired) electrons. The van der Waals surface area contributed by atoms with Crippen molar-refractivity contribution in [1.29, 1.82) is 0 Å². The quantitative estimate of drug-likeness (QED) is 0.746. The summed E-state index contributed by atoms with van der Waals surface area (Å²) in [5.74, 6) is 2.16. The van der Waals surface area contributed by atoms with Crippen molar-refractivity contribution in [3.05, 3.63) is 11.3 Å². The highest BCUT2D eigenvalue weighted by Crippen LogP contribution is 2.43. The molecule has 1 aromatic rings. The molecule has 3 heteroatoms. The molecule has 0 bridgehead atoms. The van der Waals surface area contributed by atoms with Crippen LogP contribution in [0.2, 0.25) is 0 Å². The number of nitrogen functional groups attached to an aromatic ring is 1. The lowest BCUT2D eigenvalue weighted by molar-refractivity contribution is 0.635. The van der Waals surface area contributed by atoms with E-state index < -0.39 is 0 Å². The first kappa shape index (κ1) is 8.60. The van der Waals surface area contributed by atoms with Crippen LogP contribution in [0.25, 0.3) is 0 Å². The summed E-state index contributed by atoms with van der Waals surface area (Å²) in [4.78, 5) is 0. The third kappa shape index (κ3) is 1.43. The lowest BCUT2D eigenvalue weighted by atomic mass is 9.97. The molecular formula is C10H17N3. The van der Waals surface area contributed by atoms with Crippen LogP contribution >= 0.6 is 0 Å². The number of hydrogen-bond acceptors (Lipinski definition) is 2. The number of aromatic nitrogens is 2. The number of nitrogens with one attached hydrogen (secondary N) is 1. The maximum atomic E-state index is 5.77. The molecule has 1 saturated carbocycles. The topological polar surface area (TPSA) is 54.7 Å². The predicted molar refractivity (Wildman–Crippen MR) is 53.5 cm³/mol. The molecule has 3 N–H and O–H groups in total. The van der Waals surface area contributed by atoms with Gasteiger partial charge >= 0.3 is 0 Å². The molecule has 0 spiro atoms. The van der Waals surface area contributed by atoms with Gasteiger partial charge in [0.15, 0.2) is 0 Å². The Labute approximate surface area is 78.7 Å². The first-order valence-electron chi connectivity index (χ1n) is 5.06. The van der Waals surface area contributed by atoms with Crippen molar-refractivity contribution in [3.63, 3.8) is 0 Å². The van der Waals surface area contributed by atoms with E-state index in [4.69, 9.17) is 5.73 Å². The number of anilines is 1. The second kappa shape index (κ2) is 3.05. The number of hydrogen-bond donors (Lipinski definition) is 2. The maximum absolute atomic E-state index is 5.77. The van der Waals surface area contributed by atoms with Gasteiger partial charge < -0.3 is 5.73 Å². The van der Waals surface area contributed by atoms with Gasteiger partial charge in [0.05, 0.1) is 0 Å².